The lowest BCUT2D eigenvalue weighted by Gasteiger charge is -2.10. The molecule has 0 N–H and O–H groups in total. The Morgan fingerprint density at radius 2 is 2.10 bits per heavy atom. The van der Waals surface area contributed by atoms with Gasteiger partial charge in [0.25, 0.3) is 0 Å². The fraction of sp³-hybridized carbons (Fsp3) is 1.00. The van der Waals surface area contributed by atoms with Crippen molar-refractivity contribution in [3.8, 4) is 0 Å². The smallest absolute Gasteiger partial charge is 0.00736 e. The lowest BCUT2D eigenvalue weighted by atomic mass is 10.0. The molecule has 0 rings (SSSR count). The van der Waals surface area contributed by atoms with E-state index in [4.69, 9.17) is 11.7 Å². The van der Waals surface area contributed by atoms with Gasteiger partial charge in [-0.05, 0) is 24.0 Å². The molecule has 0 spiro atoms. The normalized spacial score (nSPS) is 13.5. The highest BCUT2D eigenvalue weighted by molar-refractivity contribution is 8.68. The van der Waals surface area contributed by atoms with Gasteiger partial charge in [0, 0.05) is 5.75 Å². The molecule has 1 radical (unpaired) electrons. The van der Waals surface area contributed by atoms with E-state index in [1.807, 2.05) is 0 Å². The first-order chi connectivity index (χ1) is 4.85. The van der Waals surface area contributed by atoms with E-state index < -0.39 is 0 Å². The highest BCUT2D eigenvalue weighted by Gasteiger charge is 2.03. The maximum absolute atomic E-state index is 4.86. The summed E-state index contributed by atoms with van der Waals surface area (Å²) in [5.74, 6) is 2.05. The van der Waals surface area contributed by atoms with E-state index in [0.717, 1.165) is 5.92 Å². The molecule has 0 aromatic heterocycles. The predicted octanol–water partition coefficient (Wildman–Crippen LogP) is 4.05. The summed E-state index contributed by atoms with van der Waals surface area (Å²) in [4.78, 5) is 0. The highest BCUT2D eigenvalue weighted by atomic mass is 33.1. The van der Waals surface area contributed by atoms with E-state index in [-0.39, 0.29) is 0 Å². The van der Waals surface area contributed by atoms with Gasteiger partial charge >= 0.3 is 0 Å². The van der Waals surface area contributed by atoms with Crippen LogP contribution in [0.1, 0.15) is 39.5 Å². The molecule has 0 amide bonds. The molecule has 0 fully saturated rings. The van der Waals surface area contributed by atoms with Crippen molar-refractivity contribution in [3.63, 3.8) is 0 Å². The van der Waals surface area contributed by atoms with E-state index >= 15 is 0 Å². The second-order valence-electron chi connectivity index (χ2n) is 2.70. The van der Waals surface area contributed by atoms with Gasteiger partial charge in [0.05, 0.1) is 0 Å². The minimum absolute atomic E-state index is 0.877. The van der Waals surface area contributed by atoms with Crippen LogP contribution in [0.15, 0.2) is 0 Å². The molecule has 10 heavy (non-hydrogen) atoms. The molecule has 1 atom stereocenters. The predicted molar refractivity (Wildman–Crippen MR) is 53.4 cm³/mol. The van der Waals surface area contributed by atoms with Gasteiger partial charge in [-0.2, -0.15) is 0 Å². The van der Waals surface area contributed by atoms with Crippen LogP contribution in [-0.4, -0.2) is 5.75 Å². The van der Waals surface area contributed by atoms with Gasteiger partial charge in [0.15, 0.2) is 0 Å². The molecule has 0 bridgehead atoms. The van der Waals surface area contributed by atoms with Crippen molar-refractivity contribution in [3.05, 3.63) is 0 Å². The molecule has 0 saturated carbocycles. The molecule has 2 heteroatoms. The van der Waals surface area contributed by atoms with Crippen LogP contribution in [-0.2, 0) is 0 Å². The monoisotopic (exact) mass is 177 g/mol. The first kappa shape index (κ1) is 10.7. The Labute approximate surface area is 74.0 Å². The van der Waals surface area contributed by atoms with Crippen molar-refractivity contribution in [1.29, 1.82) is 0 Å². The van der Waals surface area contributed by atoms with Gasteiger partial charge in [-0.15, -0.1) is 0 Å². The standard InChI is InChI=1S/C8H17S2/c1-3-5-6-8(4-2)7-10-9/h8H,3-7H2,1-2H3. The van der Waals surface area contributed by atoms with Gasteiger partial charge < -0.3 is 0 Å². The van der Waals surface area contributed by atoms with Crippen LogP contribution in [0.4, 0.5) is 0 Å². The van der Waals surface area contributed by atoms with E-state index in [1.54, 1.807) is 10.8 Å². The van der Waals surface area contributed by atoms with Gasteiger partial charge in [0.1, 0.15) is 0 Å². The molecule has 0 aliphatic rings. The molecule has 0 aliphatic carbocycles. The first-order valence-electron chi connectivity index (χ1n) is 4.09. The fourth-order valence-corrected chi connectivity index (χ4v) is 2.17. The van der Waals surface area contributed by atoms with Gasteiger partial charge in [-0.3, -0.25) is 0 Å². The summed E-state index contributed by atoms with van der Waals surface area (Å²) >= 11 is 4.86. The van der Waals surface area contributed by atoms with Crippen LogP contribution in [0.2, 0.25) is 0 Å². The van der Waals surface area contributed by atoms with Crippen molar-refractivity contribution in [2.24, 2.45) is 5.92 Å². The Kier molecular flexibility index (Phi) is 8.35. The zero-order chi connectivity index (χ0) is 7.82. The number of hydrogen-bond acceptors (Lipinski definition) is 1. The molecule has 0 aromatic carbocycles. The Morgan fingerprint density at radius 1 is 1.40 bits per heavy atom. The fourth-order valence-electron chi connectivity index (χ4n) is 0.994. The van der Waals surface area contributed by atoms with Crippen LogP contribution in [0.5, 0.6) is 0 Å². The van der Waals surface area contributed by atoms with Crippen LogP contribution < -0.4 is 0 Å². The summed E-state index contributed by atoms with van der Waals surface area (Å²) in [6.45, 7) is 4.50. The van der Waals surface area contributed by atoms with Crippen molar-refractivity contribution < 1.29 is 0 Å². The first-order valence-corrected chi connectivity index (χ1v) is 6.00. The van der Waals surface area contributed by atoms with E-state index in [0.29, 0.717) is 0 Å². The Morgan fingerprint density at radius 3 is 2.50 bits per heavy atom. The molecule has 1 unspecified atom stereocenters. The van der Waals surface area contributed by atoms with E-state index in [2.05, 4.69) is 13.8 Å². The number of rotatable bonds is 6. The second kappa shape index (κ2) is 7.80. The van der Waals surface area contributed by atoms with Crippen molar-refractivity contribution >= 4 is 22.5 Å². The third-order valence-electron chi connectivity index (χ3n) is 1.85. The topological polar surface area (TPSA) is 0 Å². The zero-order valence-electron chi connectivity index (χ0n) is 6.93. The van der Waals surface area contributed by atoms with Crippen LogP contribution in [0.25, 0.3) is 0 Å². The van der Waals surface area contributed by atoms with E-state index in [9.17, 15) is 0 Å². The molecular weight excluding hydrogens is 160 g/mol. The molecule has 0 nitrogen and oxygen atoms in total. The Balaban J connectivity index is 3.21. The second-order valence-corrected chi connectivity index (χ2v) is 3.98. The number of hydrogen-bond donors (Lipinski definition) is 0. The minimum atomic E-state index is 0.877. The van der Waals surface area contributed by atoms with Crippen LogP contribution >= 0.6 is 22.5 Å². The zero-order valence-corrected chi connectivity index (χ0v) is 8.56. The summed E-state index contributed by atoms with van der Waals surface area (Å²) in [5, 5.41) is 0. The average Bonchev–Trinajstić information content (AvgIpc) is 1.98. The summed E-state index contributed by atoms with van der Waals surface area (Å²) in [7, 11) is 1.57. The van der Waals surface area contributed by atoms with Gasteiger partial charge in [-0.1, -0.05) is 43.9 Å². The minimum Gasteiger partial charge on any atom is -0.0814 e. The van der Waals surface area contributed by atoms with E-state index in [1.165, 1.54) is 31.4 Å². The quantitative estimate of drug-likeness (QED) is 0.552. The molecule has 0 heterocycles. The Bertz CT molecular complexity index is 64.3. The Hall–Kier alpha value is 0.700. The summed E-state index contributed by atoms with van der Waals surface area (Å²) < 4.78 is 0. The molecule has 0 aliphatic heterocycles. The molecule has 0 saturated heterocycles. The van der Waals surface area contributed by atoms with Gasteiger partial charge in [0.2, 0.25) is 0 Å². The van der Waals surface area contributed by atoms with Crippen molar-refractivity contribution in [2.45, 2.75) is 39.5 Å². The molecule has 61 valence electrons. The van der Waals surface area contributed by atoms with Crippen molar-refractivity contribution in [1.82, 2.24) is 0 Å². The van der Waals surface area contributed by atoms with Crippen LogP contribution in [0.3, 0.4) is 0 Å². The lowest BCUT2D eigenvalue weighted by Crippen LogP contribution is -2.00. The van der Waals surface area contributed by atoms with Crippen LogP contribution in [0, 0.1) is 5.92 Å². The third kappa shape index (κ3) is 5.48. The summed E-state index contributed by atoms with van der Waals surface area (Å²) in [5.41, 5.74) is 0. The van der Waals surface area contributed by atoms with Gasteiger partial charge in [-0.25, -0.2) is 0 Å². The lowest BCUT2D eigenvalue weighted by molar-refractivity contribution is 0.500. The SMILES string of the molecule is CCCCC(CC)CS[S]. The average molecular weight is 177 g/mol. The highest BCUT2D eigenvalue weighted by Crippen LogP contribution is 2.19. The number of unbranched alkanes of at least 4 members (excludes halogenated alkanes) is 1. The summed E-state index contributed by atoms with van der Waals surface area (Å²) in [6, 6.07) is 0. The summed E-state index contributed by atoms with van der Waals surface area (Å²) in [6.07, 6.45) is 5.35. The molecule has 0 aromatic rings. The largest absolute Gasteiger partial charge is 0.0814 e. The van der Waals surface area contributed by atoms with Crippen molar-refractivity contribution in [2.75, 3.05) is 5.75 Å². The maximum atomic E-state index is 4.86. The maximum Gasteiger partial charge on any atom is 0.00736 e. The molecular formula is C8H17S2. The third-order valence-corrected chi connectivity index (χ3v) is 2.86.